The van der Waals surface area contributed by atoms with Gasteiger partial charge in [0, 0.05) is 11.0 Å². The minimum Gasteiger partial charge on any atom is -0.396 e. The molecule has 5 atom stereocenters. The lowest BCUT2D eigenvalue weighted by atomic mass is 9.78. The summed E-state index contributed by atoms with van der Waals surface area (Å²) < 4.78 is 18.6. The van der Waals surface area contributed by atoms with E-state index < -0.39 is 11.7 Å². The predicted octanol–water partition coefficient (Wildman–Crippen LogP) is 3.70. The van der Waals surface area contributed by atoms with Crippen LogP contribution < -0.4 is 0 Å². The molecule has 1 saturated carbocycles. The van der Waals surface area contributed by atoms with Gasteiger partial charge in [0.15, 0.2) is 6.29 Å². The molecule has 1 saturated heterocycles. The first-order valence-corrected chi connectivity index (χ1v) is 9.31. The van der Waals surface area contributed by atoms with Crippen molar-refractivity contribution in [2.24, 2.45) is 11.3 Å². The summed E-state index contributed by atoms with van der Waals surface area (Å²) in [5.41, 5.74) is 1.75. The van der Waals surface area contributed by atoms with Crippen molar-refractivity contribution in [3.8, 4) is 0 Å². The standard InChI is InChI=1S/C22H26O4/c1-16-12-19(24-13-17-8-4-2-5-9-17)20-22(16,14-23)15-25-21(26-20)18-10-6-3-7-11-18/h2-11,16,19-21,23H,12-15H2,1H3/t16-,19-,20+,21-,22-/m1/s1. The van der Waals surface area contributed by atoms with Gasteiger partial charge < -0.3 is 19.3 Å². The number of hydrogen-bond donors (Lipinski definition) is 1. The van der Waals surface area contributed by atoms with Crippen LogP contribution in [0.3, 0.4) is 0 Å². The van der Waals surface area contributed by atoms with Crippen molar-refractivity contribution in [2.45, 2.75) is 38.4 Å². The van der Waals surface area contributed by atoms with Crippen molar-refractivity contribution >= 4 is 0 Å². The topological polar surface area (TPSA) is 47.9 Å². The summed E-state index contributed by atoms with van der Waals surface area (Å²) >= 11 is 0. The molecule has 0 unspecified atom stereocenters. The Kier molecular flexibility index (Phi) is 5.09. The maximum Gasteiger partial charge on any atom is 0.184 e. The molecule has 138 valence electrons. The van der Waals surface area contributed by atoms with E-state index in [-0.39, 0.29) is 24.7 Å². The summed E-state index contributed by atoms with van der Waals surface area (Å²) in [7, 11) is 0. The van der Waals surface area contributed by atoms with Crippen LogP contribution in [0.2, 0.25) is 0 Å². The molecule has 0 bridgehead atoms. The van der Waals surface area contributed by atoms with E-state index in [1.807, 2.05) is 48.5 Å². The second-order valence-electron chi connectivity index (χ2n) is 7.47. The highest BCUT2D eigenvalue weighted by Crippen LogP contribution is 2.51. The first-order valence-electron chi connectivity index (χ1n) is 9.31. The molecule has 0 aromatic heterocycles. The third kappa shape index (κ3) is 3.19. The zero-order valence-electron chi connectivity index (χ0n) is 15.1. The lowest BCUT2D eigenvalue weighted by Gasteiger charge is -2.44. The van der Waals surface area contributed by atoms with E-state index in [1.54, 1.807) is 0 Å². The van der Waals surface area contributed by atoms with Crippen LogP contribution in [0.4, 0.5) is 0 Å². The van der Waals surface area contributed by atoms with Gasteiger partial charge in [-0.3, -0.25) is 0 Å². The zero-order valence-corrected chi connectivity index (χ0v) is 15.1. The average molecular weight is 354 g/mol. The Morgan fingerprint density at radius 2 is 1.77 bits per heavy atom. The highest BCUT2D eigenvalue weighted by Gasteiger charge is 2.58. The zero-order chi connectivity index (χ0) is 18.0. The van der Waals surface area contributed by atoms with Crippen molar-refractivity contribution in [2.75, 3.05) is 13.2 Å². The largest absolute Gasteiger partial charge is 0.396 e. The Hall–Kier alpha value is -1.72. The fourth-order valence-electron chi connectivity index (χ4n) is 4.22. The van der Waals surface area contributed by atoms with Gasteiger partial charge in [-0.1, -0.05) is 67.6 Å². The fourth-order valence-corrected chi connectivity index (χ4v) is 4.22. The fraction of sp³-hybridized carbons (Fsp3) is 0.455. The van der Waals surface area contributed by atoms with Crippen molar-refractivity contribution < 1.29 is 19.3 Å². The summed E-state index contributed by atoms with van der Waals surface area (Å²) in [5.74, 6) is 0.273. The Bertz CT molecular complexity index is 705. The minimum atomic E-state index is -0.408. The number of ether oxygens (including phenoxy) is 3. The molecular formula is C22H26O4. The number of rotatable bonds is 5. The monoisotopic (exact) mass is 354 g/mol. The molecule has 4 heteroatoms. The van der Waals surface area contributed by atoms with E-state index in [0.29, 0.717) is 13.2 Å². The molecule has 4 nitrogen and oxygen atoms in total. The maximum absolute atomic E-state index is 10.2. The van der Waals surface area contributed by atoms with Crippen LogP contribution in [-0.2, 0) is 20.8 Å². The van der Waals surface area contributed by atoms with Crippen molar-refractivity contribution in [3.63, 3.8) is 0 Å². The van der Waals surface area contributed by atoms with Crippen LogP contribution in [0.1, 0.15) is 30.8 Å². The van der Waals surface area contributed by atoms with Gasteiger partial charge in [-0.2, -0.15) is 0 Å². The number of benzene rings is 2. The quantitative estimate of drug-likeness (QED) is 0.889. The van der Waals surface area contributed by atoms with E-state index in [2.05, 4.69) is 19.1 Å². The third-order valence-corrected chi connectivity index (χ3v) is 5.92. The number of aliphatic hydroxyl groups excluding tert-OH is 1. The van der Waals surface area contributed by atoms with E-state index in [4.69, 9.17) is 14.2 Å². The first-order chi connectivity index (χ1) is 12.7. The molecule has 26 heavy (non-hydrogen) atoms. The van der Waals surface area contributed by atoms with Crippen LogP contribution in [0.5, 0.6) is 0 Å². The number of hydrogen-bond acceptors (Lipinski definition) is 4. The second-order valence-corrected chi connectivity index (χ2v) is 7.47. The highest BCUT2D eigenvalue weighted by molar-refractivity contribution is 5.18. The van der Waals surface area contributed by atoms with Gasteiger partial charge in [-0.25, -0.2) is 0 Å². The maximum atomic E-state index is 10.2. The molecule has 1 heterocycles. The molecule has 1 N–H and O–H groups in total. The van der Waals surface area contributed by atoms with Crippen molar-refractivity contribution in [3.05, 3.63) is 71.8 Å². The van der Waals surface area contributed by atoms with Gasteiger partial charge in [0.1, 0.15) is 0 Å². The lowest BCUT2D eigenvalue weighted by Crippen LogP contribution is -2.51. The predicted molar refractivity (Wildman–Crippen MR) is 98.3 cm³/mol. The van der Waals surface area contributed by atoms with Crippen LogP contribution in [0, 0.1) is 11.3 Å². The molecule has 2 fully saturated rings. The van der Waals surface area contributed by atoms with Gasteiger partial charge in [0.05, 0.1) is 32.0 Å². The Labute approximate surface area is 154 Å². The molecule has 1 aliphatic carbocycles. The first kappa shape index (κ1) is 17.7. The van der Waals surface area contributed by atoms with Crippen molar-refractivity contribution in [1.82, 2.24) is 0 Å². The smallest absolute Gasteiger partial charge is 0.184 e. The Morgan fingerprint density at radius 1 is 1.08 bits per heavy atom. The van der Waals surface area contributed by atoms with E-state index in [0.717, 1.165) is 17.5 Å². The molecule has 0 spiro atoms. The van der Waals surface area contributed by atoms with Gasteiger partial charge in [-0.05, 0) is 17.9 Å². The normalized spacial score (nSPS) is 33.8. The molecule has 0 amide bonds. The number of aliphatic hydroxyl groups is 1. The average Bonchev–Trinajstić information content (AvgIpc) is 2.99. The molecule has 2 aromatic carbocycles. The van der Waals surface area contributed by atoms with Crippen LogP contribution in [0.15, 0.2) is 60.7 Å². The second kappa shape index (κ2) is 7.49. The molecule has 4 rings (SSSR count). The Balaban J connectivity index is 1.52. The van der Waals surface area contributed by atoms with E-state index in [1.165, 1.54) is 0 Å². The highest BCUT2D eigenvalue weighted by atomic mass is 16.7. The van der Waals surface area contributed by atoms with Crippen LogP contribution in [0.25, 0.3) is 0 Å². The van der Waals surface area contributed by atoms with Crippen LogP contribution >= 0.6 is 0 Å². The van der Waals surface area contributed by atoms with Crippen molar-refractivity contribution in [1.29, 1.82) is 0 Å². The summed E-state index contributed by atoms with van der Waals surface area (Å²) in [5, 5.41) is 10.2. The molecule has 2 aliphatic rings. The van der Waals surface area contributed by atoms with E-state index >= 15 is 0 Å². The summed E-state index contributed by atoms with van der Waals surface area (Å²) in [6.45, 7) is 3.24. The Morgan fingerprint density at radius 3 is 2.46 bits per heavy atom. The van der Waals surface area contributed by atoms with E-state index in [9.17, 15) is 5.11 Å². The molecular weight excluding hydrogens is 328 g/mol. The molecule has 0 radical (unpaired) electrons. The lowest BCUT2D eigenvalue weighted by molar-refractivity contribution is -0.291. The molecule has 1 aliphatic heterocycles. The van der Waals surface area contributed by atoms with Gasteiger partial charge >= 0.3 is 0 Å². The third-order valence-electron chi connectivity index (χ3n) is 5.92. The summed E-state index contributed by atoms with van der Waals surface area (Å²) in [4.78, 5) is 0. The summed E-state index contributed by atoms with van der Waals surface area (Å²) in [6, 6.07) is 20.1. The van der Waals surface area contributed by atoms with Crippen LogP contribution in [-0.4, -0.2) is 30.5 Å². The van der Waals surface area contributed by atoms with Gasteiger partial charge in [0.2, 0.25) is 0 Å². The molecule has 2 aromatic rings. The minimum absolute atomic E-state index is 0.0472. The van der Waals surface area contributed by atoms with Gasteiger partial charge in [-0.15, -0.1) is 0 Å². The van der Waals surface area contributed by atoms with Gasteiger partial charge in [0.25, 0.3) is 0 Å². The SMILES string of the molecule is C[C@@H]1C[C@@H](OCc2ccccc2)[C@@H]2O[C@H](c3ccccc3)OC[C@]12CO. The summed E-state index contributed by atoms with van der Waals surface area (Å²) in [6.07, 6.45) is 0.231. The number of fused-ring (bicyclic) bond motifs is 1.